The van der Waals surface area contributed by atoms with E-state index in [1.54, 1.807) is 39.8 Å². The Kier molecular flexibility index (Phi) is 14.1. The zero-order valence-electron chi connectivity index (χ0n) is 28.3. The van der Waals surface area contributed by atoms with Crippen molar-refractivity contribution in [3.63, 3.8) is 0 Å². The first-order valence-corrected chi connectivity index (χ1v) is 15.7. The van der Waals surface area contributed by atoms with Gasteiger partial charge < -0.3 is 34.7 Å². The van der Waals surface area contributed by atoms with Gasteiger partial charge in [-0.1, -0.05) is 36.4 Å². The van der Waals surface area contributed by atoms with Crippen LogP contribution in [0.5, 0.6) is 5.75 Å². The van der Waals surface area contributed by atoms with Gasteiger partial charge in [-0.2, -0.15) is 0 Å². The third-order valence-electron chi connectivity index (χ3n) is 6.98. The van der Waals surface area contributed by atoms with Gasteiger partial charge in [-0.15, -0.1) is 0 Å². The quantitative estimate of drug-likeness (QED) is 0.0928. The van der Waals surface area contributed by atoms with Gasteiger partial charge in [0, 0.05) is 29.8 Å². The van der Waals surface area contributed by atoms with Crippen LogP contribution in [0.3, 0.4) is 0 Å². The van der Waals surface area contributed by atoms with E-state index in [-0.39, 0.29) is 42.0 Å². The number of carbonyl (C=O) groups is 5. The predicted molar refractivity (Wildman–Crippen MR) is 179 cm³/mol. The van der Waals surface area contributed by atoms with E-state index in [9.17, 15) is 29.1 Å². The molecule has 4 rings (SSSR count). The average Bonchev–Trinajstić information content (AvgIpc) is 3.89. The van der Waals surface area contributed by atoms with E-state index in [4.69, 9.17) is 18.9 Å². The lowest BCUT2D eigenvalue weighted by Gasteiger charge is -2.23. The fraction of sp³-hybridized carbons (Fsp3) is 0.389. The van der Waals surface area contributed by atoms with Crippen molar-refractivity contribution >= 4 is 30.4 Å². The van der Waals surface area contributed by atoms with Gasteiger partial charge in [-0.25, -0.2) is 24.2 Å². The van der Waals surface area contributed by atoms with Crippen LogP contribution in [0.2, 0.25) is 0 Å². The van der Waals surface area contributed by atoms with E-state index >= 15 is 0 Å². The number of aromatic carboxylic acids is 1. The van der Waals surface area contributed by atoms with E-state index in [1.807, 2.05) is 30.3 Å². The molecule has 0 bridgehead atoms. The molecule has 3 aromatic rings. The van der Waals surface area contributed by atoms with Crippen LogP contribution in [0.15, 0.2) is 60.7 Å². The molecule has 13 nitrogen and oxygen atoms in total. The van der Waals surface area contributed by atoms with Crippen molar-refractivity contribution in [1.29, 1.82) is 0 Å². The number of methoxy groups -OCH3 is 1. The number of carboxylic acids is 1. The summed E-state index contributed by atoms with van der Waals surface area (Å²) in [5.41, 5.74) is 0.843. The van der Waals surface area contributed by atoms with Gasteiger partial charge in [0.2, 0.25) is 6.41 Å². The number of ether oxygens (including phenoxy) is 4. The first kappa shape index (κ1) is 38.0. The molecule has 1 saturated carbocycles. The van der Waals surface area contributed by atoms with Crippen LogP contribution in [0.4, 0.5) is 4.79 Å². The van der Waals surface area contributed by atoms with E-state index in [0.29, 0.717) is 11.4 Å². The summed E-state index contributed by atoms with van der Waals surface area (Å²) in [5, 5.41) is 14.9. The Morgan fingerprint density at radius 1 is 0.980 bits per heavy atom. The average molecular weight is 678 g/mol. The molecule has 1 aliphatic rings. The minimum Gasteiger partial charge on any atom is -0.497 e. The van der Waals surface area contributed by atoms with Crippen LogP contribution in [0.1, 0.15) is 65.7 Å². The van der Waals surface area contributed by atoms with Crippen LogP contribution in [0, 0.1) is 12.8 Å². The smallest absolute Gasteiger partial charge is 0.408 e. The number of nitrogens with zero attached hydrogens (tertiary/aromatic N) is 1. The van der Waals surface area contributed by atoms with Crippen molar-refractivity contribution in [2.45, 2.75) is 58.6 Å². The summed E-state index contributed by atoms with van der Waals surface area (Å²) < 4.78 is 21.1. The van der Waals surface area contributed by atoms with Gasteiger partial charge >= 0.3 is 24.0 Å². The Morgan fingerprint density at radius 3 is 2.29 bits per heavy atom. The molecule has 1 unspecified atom stereocenters. The van der Waals surface area contributed by atoms with Gasteiger partial charge in [0.05, 0.1) is 12.7 Å². The summed E-state index contributed by atoms with van der Waals surface area (Å²) in [6, 6.07) is 15.6. The van der Waals surface area contributed by atoms with Crippen LogP contribution in [-0.4, -0.2) is 79.0 Å². The zero-order valence-corrected chi connectivity index (χ0v) is 28.3. The minimum atomic E-state index is -1.19. The Bertz CT molecular complexity index is 1600. The summed E-state index contributed by atoms with van der Waals surface area (Å²) in [6.45, 7) is 7.07. The maximum atomic E-state index is 13.0. The highest BCUT2D eigenvalue weighted by atomic mass is 16.6. The number of esters is 2. The second kappa shape index (κ2) is 18.2. The SMILES string of the molecule is COc1ccc(C(=O)O)c(-c2ccc(C)nc2C(=O)OCCOC(=O)C(Cc2ccccc2)NC(=O)OC(C)(C)C)c1.O=CNCC1CC1. The van der Waals surface area contributed by atoms with Crippen molar-refractivity contribution in [3.8, 4) is 16.9 Å². The highest BCUT2D eigenvalue weighted by Crippen LogP contribution is 2.31. The lowest BCUT2D eigenvalue weighted by molar-refractivity contribution is -0.147. The second-order valence-electron chi connectivity index (χ2n) is 12.2. The number of alkyl carbamates (subject to hydrolysis) is 1. The Morgan fingerprint density at radius 2 is 1.67 bits per heavy atom. The Hall–Kier alpha value is -5.46. The van der Waals surface area contributed by atoms with Gasteiger partial charge in [0.25, 0.3) is 0 Å². The standard InChI is InChI=1S/C31H34N2O9.C5H9NO/c1-19-11-13-22(24-18-21(39-5)12-14-23(24)27(34)35)26(32-19)29(37)41-16-15-40-28(36)25(17-20-9-7-6-8-10-20)33-30(38)42-31(2,3)4;7-4-6-3-5-1-2-5/h6-14,18,25H,15-17H2,1-5H3,(H,33,38)(H,34,35);4-5H,1-3H2,(H,6,7). The molecule has 2 aromatic carbocycles. The van der Waals surface area contributed by atoms with Crippen molar-refractivity contribution < 1.29 is 48.0 Å². The van der Waals surface area contributed by atoms with E-state index < -0.39 is 35.6 Å². The highest BCUT2D eigenvalue weighted by Gasteiger charge is 2.27. The maximum Gasteiger partial charge on any atom is 0.408 e. The fourth-order valence-electron chi connectivity index (χ4n) is 4.46. The molecule has 1 heterocycles. The lowest BCUT2D eigenvalue weighted by atomic mass is 9.97. The number of pyridine rings is 1. The number of hydrogen-bond acceptors (Lipinski definition) is 10. The molecule has 0 saturated heterocycles. The Balaban J connectivity index is 0.000000823. The van der Waals surface area contributed by atoms with E-state index in [2.05, 4.69) is 15.6 Å². The van der Waals surface area contributed by atoms with Gasteiger partial charge in [-0.05, 0) is 76.3 Å². The van der Waals surface area contributed by atoms with Crippen molar-refractivity contribution in [2.24, 2.45) is 5.92 Å². The van der Waals surface area contributed by atoms with Crippen molar-refractivity contribution in [1.82, 2.24) is 15.6 Å². The van der Waals surface area contributed by atoms with Crippen molar-refractivity contribution in [3.05, 3.63) is 83.2 Å². The summed E-state index contributed by atoms with van der Waals surface area (Å²) in [5.74, 6) is -1.56. The third kappa shape index (κ3) is 12.9. The number of benzene rings is 2. The molecule has 1 atom stereocenters. The second-order valence-corrected chi connectivity index (χ2v) is 12.2. The summed E-state index contributed by atoms with van der Waals surface area (Å²) in [7, 11) is 1.44. The molecule has 2 amide bonds. The normalized spacial score (nSPS) is 12.7. The number of aryl methyl sites for hydroxylation is 1. The Labute approximate surface area is 285 Å². The molecule has 0 radical (unpaired) electrons. The van der Waals surface area contributed by atoms with Crippen LogP contribution >= 0.6 is 0 Å². The van der Waals surface area contributed by atoms with Crippen molar-refractivity contribution in [2.75, 3.05) is 26.9 Å². The fourth-order valence-corrected chi connectivity index (χ4v) is 4.46. The number of carboxylic acid groups (broad SMARTS) is 1. The third-order valence-corrected chi connectivity index (χ3v) is 6.98. The number of hydrogen-bond donors (Lipinski definition) is 3. The number of amides is 2. The molecular weight excluding hydrogens is 634 g/mol. The molecule has 49 heavy (non-hydrogen) atoms. The van der Waals surface area contributed by atoms with E-state index in [1.165, 1.54) is 38.2 Å². The highest BCUT2D eigenvalue weighted by molar-refractivity contribution is 6.02. The molecular formula is C36H43N3O10. The lowest BCUT2D eigenvalue weighted by Crippen LogP contribution is -2.45. The van der Waals surface area contributed by atoms with Crippen LogP contribution in [-0.2, 0) is 30.2 Å². The van der Waals surface area contributed by atoms with E-state index in [0.717, 1.165) is 24.4 Å². The number of aromatic nitrogens is 1. The molecule has 1 fully saturated rings. The summed E-state index contributed by atoms with van der Waals surface area (Å²) in [6.07, 6.45) is 2.75. The molecule has 0 aliphatic heterocycles. The zero-order chi connectivity index (χ0) is 36.0. The monoisotopic (exact) mass is 677 g/mol. The summed E-state index contributed by atoms with van der Waals surface area (Å²) in [4.78, 5) is 64.1. The van der Waals surface area contributed by atoms with Crippen LogP contribution in [0.25, 0.3) is 11.1 Å². The summed E-state index contributed by atoms with van der Waals surface area (Å²) >= 11 is 0. The molecule has 3 N–H and O–H groups in total. The first-order valence-electron chi connectivity index (χ1n) is 15.7. The molecule has 1 aromatic heterocycles. The van der Waals surface area contributed by atoms with Gasteiger partial charge in [0.15, 0.2) is 5.69 Å². The van der Waals surface area contributed by atoms with Crippen LogP contribution < -0.4 is 15.4 Å². The molecule has 13 heteroatoms. The number of carbonyl (C=O) groups excluding carboxylic acids is 4. The predicted octanol–water partition coefficient (Wildman–Crippen LogP) is 4.74. The molecule has 262 valence electrons. The van der Waals surface area contributed by atoms with Gasteiger partial charge in [-0.3, -0.25) is 4.79 Å². The molecule has 1 aliphatic carbocycles. The first-order chi connectivity index (χ1) is 23.3. The van der Waals surface area contributed by atoms with Gasteiger partial charge in [0.1, 0.15) is 30.6 Å². The minimum absolute atomic E-state index is 0.0496. The largest absolute Gasteiger partial charge is 0.497 e. The number of rotatable bonds is 14. The molecule has 0 spiro atoms. The maximum absolute atomic E-state index is 13.0. The topological polar surface area (TPSA) is 179 Å². The number of nitrogens with one attached hydrogen (secondary N) is 2.